The fourth-order valence-electron chi connectivity index (χ4n) is 9.64. The molecule has 8 aromatic rings. The number of hydrogen-bond acceptors (Lipinski definition) is 3. The summed E-state index contributed by atoms with van der Waals surface area (Å²) in [5.74, 6) is 1.78. The molecule has 8 aromatic carbocycles. The third-order valence-electron chi connectivity index (χ3n) is 12.7. The molecule has 0 radical (unpaired) electrons. The first-order chi connectivity index (χ1) is 27.8. The Morgan fingerprint density at radius 3 is 1.74 bits per heavy atom. The quantitative estimate of drug-likeness (QED) is 0.175. The first-order valence-electron chi connectivity index (χ1n) is 19.9. The van der Waals surface area contributed by atoms with E-state index in [9.17, 15) is 0 Å². The molecule has 57 heavy (non-hydrogen) atoms. The van der Waals surface area contributed by atoms with Crippen molar-refractivity contribution in [3.05, 3.63) is 204 Å². The van der Waals surface area contributed by atoms with Crippen molar-refractivity contribution in [2.75, 3.05) is 9.80 Å². The van der Waals surface area contributed by atoms with Crippen LogP contribution in [-0.4, -0.2) is 0 Å². The van der Waals surface area contributed by atoms with Crippen molar-refractivity contribution in [2.45, 2.75) is 38.5 Å². The van der Waals surface area contributed by atoms with Crippen LogP contribution in [-0.2, 0) is 10.8 Å². The molecular weight excluding hydrogens is 693 g/mol. The van der Waals surface area contributed by atoms with Gasteiger partial charge in [-0.2, -0.15) is 0 Å². The summed E-state index contributed by atoms with van der Waals surface area (Å²) in [6.45, 7) is 9.34. The van der Waals surface area contributed by atoms with Gasteiger partial charge < -0.3 is 14.5 Å². The average molecular weight is 735 g/mol. The van der Waals surface area contributed by atoms with Gasteiger partial charge >= 0.3 is 0 Å². The van der Waals surface area contributed by atoms with E-state index in [0.29, 0.717) is 0 Å². The van der Waals surface area contributed by atoms with Crippen molar-refractivity contribution in [2.24, 2.45) is 0 Å². The smallest absolute Gasteiger partial charge is 0.151 e. The summed E-state index contributed by atoms with van der Waals surface area (Å²) in [5, 5.41) is 0. The van der Waals surface area contributed by atoms with Gasteiger partial charge in [-0.3, -0.25) is 0 Å². The Kier molecular flexibility index (Phi) is 7.25. The predicted octanol–water partition coefficient (Wildman–Crippen LogP) is 15.0. The fourth-order valence-corrected chi connectivity index (χ4v) is 9.64. The Bertz CT molecular complexity index is 2870. The maximum absolute atomic E-state index is 6.46. The first-order valence-corrected chi connectivity index (χ1v) is 19.9. The lowest BCUT2D eigenvalue weighted by atomic mass is 9.72. The molecular formula is C54H42N2O. The fraction of sp³-hybridized carbons (Fsp3) is 0.111. The molecule has 0 saturated carbocycles. The summed E-state index contributed by atoms with van der Waals surface area (Å²) in [5.41, 5.74) is 19.3. The van der Waals surface area contributed by atoms with Crippen LogP contribution < -0.4 is 14.5 Å². The van der Waals surface area contributed by atoms with Gasteiger partial charge in [-0.1, -0.05) is 149 Å². The van der Waals surface area contributed by atoms with E-state index in [1.165, 1.54) is 61.3 Å². The number of ether oxygens (including phenoxy) is 1. The van der Waals surface area contributed by atoms with Crippen molar-refractivity contribution >= 4 is 34.1 Å². The predicted molar refractivity (Wildman–Crippen MR) is 236 cm³/mol. The van der Waals surface area contributed by atoms with Crippen molar-refractivity contribution in [3.63, 3.8) is 0 Å². The minimum atomic E-state index is -0.180. The molecule has 3 nitrogen and oxygen atoms in total. The molecule has 3 aliphatic rings. The van der Waals surface area contributed by atoms with Gasteiger partial charge in [0.1, 0.15) is 0 Å². The van der Waals surface area contributed by atoms with Gasteiger partial charge in [0.05, 0.1) is 17.1 Å². The zero-order chi connectivity index (χ0) is 38.5. The summed E-state index contributed by atoms with van der Waals surface area (Å²) in [7, 11) is 0. The van der Waals surface area contributed by atoms with E-state index < -0.39 is 0 Å². The van der Waals surface area contributed by atoms with E-state index in [2.05, 4.69) is 213 Å². The van der Waals surface area contributed by atoms with Crippen LogP contribution in [0.15, 0.2) is 182 Å². The van der Waals surface area contributed by atoms with Crippen LogP contribution in [0, 0.1) is 0 Å². The number of hydrogen-bond donors (Lipinski definition) is 0. The summed E-state index contributed by atoms with van der Waals surface area (Å²) in [4.78, 5) is 4.78. The van der Waals surface area contributed by atoms with E-state index in [4.69, 9.17) is 4.74 Å². The Hall–Kier alpha value is -6.84. The molecule has 1 aliphatic carbocycles. The SMILES string of the molecule is CC1(C)c2ccccc2-c2ccc(N(c3ccccc3)c3ccc(-c4ccc(-c5ccc6c(c5)N5c7ccccc7Oc7cccc(c75)C6(C)C)cc4)cc3)cc21. The van der Waals surface area contributed by atoms with E-state index in [0.717, 1.165) is 39.9 Å². The zero-order valence-corrected chi connectivity index (χ0v) is 32.6. The topological polar surface area (TPSA) is 15.7 Å². The van der Waals surface area contributed by atoms with Gasteiger partial charge in [0.2, 0.25) is 0 Å². The number of para-hydroxylation sites is 4. The lowest BCUT2D eigenvalue weighted by Gasteiger charge is -2.45. The molecule has 0 fully saturated rings. The van der Waals surface area contributed by atoms with Crippen LogP contribution in [0.4, 0.5) is 34.1 Å². The molecule has 0 aromatic heterocycles. The van der Waals surface area contributed by atoms with Crippen molar-refractivity contribution in [1.29, 1.82) is 0 Å². The standard InChI is InChI=1S/C54H42N2O/c1-53(2)44-16-9-8-15-42(44)43-31-30-41(34-47(43)53)55(39-13-6-5-7-14-39)40-28-25-36(26-29-40)35-21-23-37(24-22-35)38-27-32-45-49(33-38)56-48-18-10-11-19-50(48)57-51-20-12-17-46(52(51)56)54(45,3)4/h5-34H,1-4H3. The largest absolute Gasteiger partial charge is 0.453 e. The second-order valence-electron chi connectivity index (χ2n) is 16.6. The Morgan fingerprint density at radius 2 is 0.947 bits per heavy atom. The molecule has 0 unspecified atom stereocenters. The second-order valence-corrected chi connectivity index (χ2v) is 16.6. The zero-order valence-electron chi connectivity index (χ0n) is 32.6. The molecule has 0 amide bonds. The van der Waals surface area contributed by atoms with Gasteiger partial charge in [0.15, 0.2) is 11.5 Å². The number of nitrogens with zero attached hydrogens (tertiary/aromatic N) is 2. The highest BCUT2D eigenvalue weighted by atomic mass is 16.5. The summed E-state index contributed by atoms with van der Waals surface area (Å²) in [6.07, 6.45) is 0. The average Bonchev–Trinajstić information content (AvgIpc) is 3.48. The second kappa shape index (κ2) is 12.3. The number of anilines is 6. The number of rotatable bonds is 5. The highest BCUT2D eigenvalue weighted by Crippen LogP contribution is 2.60. The maximum atomic E-state index is 6.46. The van der Waals surface area contributed by atoms with E-state index in [1.54, 1.807) is 0 Å². The minimum absolute atomic E-state index is 0.0705. The monoisotopic (exact) mass is 734 g/mol. The molecule has 0 spiro atoms. The third kappa shape index (κ3) is 5.05. The van der Waals surface area contributed by atoms with E-state index >= 15 is 0 Å². The van der Waals surface area contributed by atoms with E-state index in [1.807, 2.05) is 6.07 Å². The van der Waals surface area contributed by atoms with Gasteiger partial charge in [0, 0.05) is 27.9 Å². The van der Waals surface area contributed by atoms with Gasteiger partial charge in [-0.25, -0.2) is 0 Å². The molecule has 2 aliphatic heterocycles. The number of fused-ring (bicyclic) bond motifs is 7. The van der Waals surface area contributed by atoms with Crippen molar-refractivity contribution in [3.8, 4) is 44.9 Å². The minimum Gasteiger partial charge on any atom is -0.453 e. The Morgan fingerprint density at radius 1 is 0.386 bits per heavy atom. The molecule has 0 atom stereocenters. The van der Waals surface area contributed by atoms with Crippen LogP contribution in [0.3, 0.4) is 0 Å². The highest BCUT2D eigenvalue weighted by molar-refractivity contribution is 5.94. The molecule has 274 valence electrons. The third-order valence-corrected chi connectivity index (χ3v) is 12.7. The van der Waals surface area contributed by atoms with Gasteiger partial charge in [0.25, 0.3) is 0 Å². The normalized spacial score (nSPS) is 14.7. The molecule has 3 heteroatoms. The number of benzene rings is 8. The molecule has 0 N–H and O–H groups in total. The summed E-state index contributed by atoms with van der Waals surface area (Å²) in [6, 6.07) is 66.3. The van der Waals surface area contributed by atoms with Crippen LogP contribution >= 0.6 is 0 Å². The molecule has 2 heterocycles. The van der Waals surface area contributed by atoms with Crippen molar-refractivity contribution < 1.29 is 4.74 Å². The van der Waals surface area contributed by atoms with Gasteiger partial charge in [-0.05, 0) is 116 Å². The lowest BCUT2D eigenvalue weighted by molar-refractivity contribution is 0.471. The van der Waals surface area contributed by atoms with Crippen LogP contribution in [0.25, 0.3) is 33.4 Å². The molecule has 0 saturated heterocycles. The maximum Gasteiger partial charge on any atom is 0.151 e. The van der Waals surface area contributed by atoms with Crippen LogP contribution in [0.2, 0.25) is 0 Å². The Labute approximate surface area is 335 Å². The van der Waals surface area contributed by atoms with Crippen LogP contribution in [0.1, 0.15) is 49.9 Å². The van der Waals surface area contributed by atoms with E-state index in [-0.39, 0.29) is 10.8 Å². The lowest BCUT2D eigenvalue weighted by Crippen LogP contribution is -2.32. The molecule has 0 bridgehead atoms. The summed E-state index contributed by atoms with van der Waals surface area (Å²) >= 11 is 0. The van der Waals surface area contributed by atoms with Crippen molar-refractivity contribution in [1.82, 2.24) is 0 Å². The highest BCUT2D eigenvalue weighted by Gasteiger charge is 2.41. The molecule has 11 rings (SSSR count). The van der Waals surface area contributed by atoms with Gasteiger partial charge in [-0.15, -0.1) is 0 Å². The van der Waals surface area contributed by atoms with Crippen LogP contribution in [0.5, 0.6) is 11.5 Å². The Balaban J connectivity index is 0.923. The first kappa shape index (κ1) is 33.5. The summed E-state index contributed by atoms with van der Waals surface area (Å²) < 4.78 is 6.46.